The van der Waals surface area contributed by atoms with E-state index in [-0.39, 0.29) is 5.78 Å². The lowest BCUT2D eigenvalue weighted by atomic mass is 9.96. The summed E-state index contributed by atoms with van der Waals surface area (Å²) in [4.78, 5) is 15.7. The molecule has 0 amide bonds. The summed E-state index contributed by atoms with van der Waals surface area (Å²) in [6.45, 7) is 0. The molecule has 1 aliphatic carbocycles. The molecule has 0 aliphatic heterocycles. The third-order valence-electron chi connectivity index (χ3n) is 2.51. The maximum atomic E-state index is 11.6. The number of ketones is 1. The van der Waals surface area contributed by atoms with E-state index in [2.05, 4.69) is 4.98 Å². The molecule has 1 aromatic heterocycles. The molecule has 0 unspecified atom stereocenters. The van der Waals surface area contributed by atoms with Crippen molar-refractivity contribution in [3.63, 3.8) is 0 Å². The smallest absolute Gasteiger partial charge is 0.181 e. The highest BCUT2D eigenvalue weighted by molar-refractivity contribution is 5.95. The summed E-state index contributed by atoms with van der Waals surface area (Å²) in [5, 5.41) is 0. The first-order chi connectivity index (χ1) is 6.38. The van der Waals surface area contributed by atoms with Crippen molar-refractivity contribution in [2.75, 3.05) is 0 Å². The van der Waals surface area contributed by atoms with Crippen LogP contribution in [0.1, 0.15) is 41.7 Å². The molecule has 0 aromatic carbocycles. The molecule has 1 aliphatic rings. The highest BCUT2D eigenvalue weighted by Crippen LogP contribution is 2.17. The lowest BCUT2D eigenvalue weighted by Crippen LogP contribution is -2.09. The molecular formula is C11H13NO. The first kappa shape index (κ1) is 8.42. The molecule has 2 rings (SSSR count). The van der Waals surface area contributed by atoms with Crippen LogP contribution >= 0.6 is 0 Å². The molecular weight excluding hydrogens is 162 g/mol. The van der Waals surface area contributed by atoms with Crippen molar-refractivity contribution in [2.45, 2.75) is 32.1 Å². The summed E-state index contributed by atoms with van der Waals surface area (Å²) >= 11 is 0. The second-order valence-electron chi connectivity index (χ2n) is 3.49. The van der Waals surface area contributed by atoms with Crippen molar-refractivity contribution in [1.29, 1.82) is 0 Å². The fourth-order valence-corrected chi connectivity index (χ4v) is 1.79. The quantitative estimate of drug-likeness (QED) is 0.606. The number of hydrogen-bond acceptors (Lipinski definition) is 2. The van der Waals surface area contributed by atoms with E-state index in [0.29, 0.717) is 12.1 Å². The van der Waals surface area contributed by atoms with E-state index in [1.54, 1.807) is 6.20 Å². The van der Waals surface area contributed by atoms with E-state index in [1.807, 2.05) is 12.1 Å². The molecule has 0 saturated carbocycles. The van der Waals surface area contributed by atoms with Crippen molar-refractivity contribution in [3.05, 3.63) is 29.6 Å². The summed E-state index contributed by atoms with van der Waals surface area (Å²) in [7, 11) is 0. The first-order valence-electron chi connectivity index (χ1n) is 4.85. The Kier molecular flexibility index (Phi) is 2.39. The molecule has 0 spiro atoms. The van der Waals surface area contributed by atoms with E-state index < -0.39 is 0 Å². The van der Waals surface area contributed by atoms with Crippen LogP contribution in [-0.4, -0.2) is 10.8 Å². The van der Waals surface area contributed by atoms with Crippen LogP contribution in [0.5, 0.6) is 0 Å². The number of aryl methyl sites for hydroxylation is 1. The van der Waals surface area contributed by atoms with Gasteiger partial charge in [0.1, 0.15) is 5.69 Å². The topological polar surface area (TPSA) is 30.0 Å². The monoisotopic (exact) mass is 175 g/mol. The molecule has 2 nitrogen and oxygen atoms in total. The lowest BCUT2D eigenvalue weighted by Gasteiger charge is -2.10. The van der Waals surface area contributed by atoms with Crippen LogP contribution in [0.3, 0.4) is 0 Å². The molecule has 0 atom stereocenters. The van der Waals surface area contributed by atoms with E-state index in [0.717, 1.165) is 18.4 Å². The van der Waals surface area contributed by atoms with Gasteiger partial charge in [0.25, 0.3) is 0 Å². The second kappa shape index (κ2) is 3.69. The van der Waals surface area contributed by atoms with Gasteiger partial charge in [0.2, 0.25) is 0 Å². The van der Waals surface area contributed by atoms with Crippen LogP contribution in [0.15, 0.2) is 18.3 Å². The van der Waals surface area contributed by atoms with Crippen molar-refractivity contribution in [3.8, 4) is 0 Å². The lowest BCUT2D eigenvalue weighted by molar-refractivity contribution is 0.0971. The molecule has 13 heavy (non-hydrogen) atoms. The molecule has 68 valence electrons. The zero-order valence-corrected chi connectivity index (χ0v) is 7.62. The minimum Gasteiger partial charge on any atom is -0.292 e. The van der Waals surface area contributed by atoms with Crippen LogP contribution in [-0.2, 0) is 6.42 Å². The molecule has 2 heteroatoms. The minimum atomic E-state index is 0.218. The van der Waals surface area contributed by atoms with Crippen LogP contribution in [0.25, 0.3) is 0 Å². The van der Waals surface area contributed by atoms with Gasteiger partial charge in [0.05, 0.1) is 0 Å². The van der Waals surface area contributed by atoms with Gasteiger partial charge in [-0.05, 0) is 30.9 Å². The predicted octanol–water partition coefficient (Wildman–Crippen LogP) is 2.38. The first-order valence-corrected chi connectivity index (χ1v) is 4.85. The van der Waals surface area contributed by atoms with E-state index >= 15 is 0 Å². The maximum absolute atomic E-state index is 11.6. The molecule has 0 fully saturated rings. The molecule has 0 radical (unpaired) electrons. The number of rotatable bonds is 0. The molecule has 0 bridgehead atoms. The summed E-state index contributed by atoms with van der Waals surface area (Å²) in [5.74, 6) is 0.218. The van der Waals surface area contributed by atoms with Gasteiger partial charge < -0.3 is 0 Å². The Morgan fingerprint density at radius 3 is 2.92 bits per heavy atom. The minimum absolute atomic E-state index is 0.218. The third kappa shape index (κ3) is 1.77. The van der Waals surface area contributed by atoms with Crippen LogP contribution < -0.4 is 0 Å². The molecule has 0 N–H and O–H groups in total. The third-order valence-corrected chi connectivity index (χ3v) is 2.51. The Morgan fingerprint density at radius 1 is 1.15 bits per heavy atom. The zero-order valence-electron chi connectivity index (χ0n) is 7.62. The number of hydrogen-bond donors (Lipinski definition) is 0. The fourth-order valence-electron chi connectivity index (χ4n) is 1.79. The van der Waals surface area contributed by atoms with Gasteiger partial charge >= 0.3 is 0 Å². The summed E-state index contributed by atoms with van der Waals surface area (Å²) < 4.78 is 0. The molecule has 1 aromatic rings. The Morgan fingerprint density at radius 2 is 2.00 bits per heavy atom. The summed E-state index contributed by atoms with van der Waals surface area (Å²) in [5.41, 5.74) is 1.84. The Bertz CT molecular complexity index is 320. The Hall–Kier alpha value is -1.18. The standard InChI is InChI=1S/C11H13NO/c13-10-7-3-1-2-5-9-6-4-8-12-11(9)10/h4,6,8H,1-3,5,7H2. The van der Waals surface area contributed by atoms with Crippen molar-refractivity contribution in [2.24, 2.45) is 0 Å². The van der Waals surface area contributed by atoms with Gasteiger partial charge in [-0.15, -0.1) is 0 Å². The predicted molar refractivity (Wildman–Crippen MR) is 50.7 cm³/mol. The van der Waals surface area contributed by atoms with E-state index in [4.69, 9.17) is 0 Å². The number of Topliss-reactive ketones (excluding diaryl/α,β-unsaturated/α-hetero) is 1. The van der Waals surface area contributed by atoms with Crippen LogP contribution in [0, 0.1) is 0 Å². The number of pyridine rings is 1. The maximum Gasteiger partial charge on any atom is 0.181 e. The zero-order chi connectivity index (χ0) is 9.10. The normalized spacial score (nSPS) is 17.4. The number of fused-ring (bicyclic) bond motifs is 1. The van der Waals surface area contributed by atoms with Crippen LogP contribution in [0.4, 0.5) is 0 Å². The van der Waals surface area contributed by atoms with Gasteiger partial charge in [-0.2, -0.15) is 0 Å². The number of carbonyl (C=O) groups is 1. The Labute approximate surface area is 78.0 Å². The van der Waals surface area contributed by atoms with Gasteiger partial charge in [0, 0.05) is 12.6 Å². The van der Waals surface area contributed by atoms with Crippen molar-refractivity contribution >= 4 is 5.78 Å². The number of carbonyl (C=O) groups excluding carboxylic acids is 1. The Balaban J connectivity index is 2.37. The summed E-state index contributed by atoms with van der Waals surface area (Å²) in [6.07, 6.45) is 6.76. The SMILES string of the molecule is O=C1CCCCCc2cccnc21. The average Bonchev–Trinajstić information content (AvgIpc) is 2.14. The fraction of sp³-hybridized carbons (Fsp3) is 0.455. The van der Waals surface area contributed by atoms with Gasteiger partial charge in [0.15, 0.2) is 5.78 Å². The second-order valence-corrected chi connectivity index (χ2v) is 3.49. The van der Waals surface area contributed by atoms with Crippen molar-refractivity contribution < 1.29 is 4.79 Å². The van der Waals surface area contributed by atoms with Gasteiger partial charge in [-0.1, -0.05) is 12.5 Å². The van der Waals surface area contributed by atoms with E-state index in [1.165, 1.54) is 12.8 Å². The van der Waals surface area contributed by atoms with Crippen LogP contribution in [0.2, 0.25) is 0 Å². The largest absolute Gasteiger partial charge is 0.292 e. The molecule has 1 heterocycles. The average molecular weight is 175 g/mol. The van der Waals surface area contributed by atoms with Gasteiger partial charge in [-0.25, -0.2) is 0 Å². The van der Waals surface area contributed by atoms with Gasteiger partial charge in [-0.3, -0.25) is 9.78 Å². The summed E-state index contributed by atoms with van der Waals surface area (Å²) in [6, 6.07) is 3.93. The highest BCUT2D eigenvalue weighted by Gasteiger charge is 2.14. The molecule has 0 saturated heterocycles. The number of aromatic nitrogens is 1. The highest BCUT2D eigenvalue weighted by atomic mass is 16.1. The van der Waals surface area contributed by atoms with Crippen molar-refractivity contribution in [1.82, 2.24) is 4.98 Å². The number of nitrogens with zero attached hydrogens (tertiary/aromatic N) is 1. The van der Waals surface area contributed by atoms with E-state index in [9.17, 15) is 4.79 Å².